The van der Waals surface area contributed by atoms with E-state index in [2.05, 4.69) is 5.32 Å². The second kappa shape index (κ2) is 13.7. The molecule has 1 N–H and O–H groups in total. The molecule has 8 nitrogen and oxygen atoms in total. The summed E-state index contributed by atoms with van der Waals surface area (Å²) in [6.45, 7) is 6.75. The molecule has 0 aliphatic rings. The van der Waals surface area contributed by atoms with Gasteiger partial charge in [-0.05, 0) is 74.7 Å². The first-order chi connectivity index (χ1) is 19.0. The first kappa shape index (κ1) is 31.0. The Hall–Kier alpha value is -3.56. The number of rotatable bonds is 12. The number of hydrogen-bond acceptors (Lipinski definition) is 5. The van der Waals surface area contributed by atoms with E-state index >= 15 is 0 Å². The van der Waals surface area contributed by atoms with E-state index in [1.54, 1.807) is 69.5 Å². The van der Waals surface area contributed by atoms with Crippen molar-refractivity contribution in [2.75, 3.05) is 18.0 Å². The summed E-state index contributed by atoms with van der Waals surface area (Å²) in [5.74, 6) is -0.278. The van der Waals surface area contributed by atoms with Gasteiger partial charge in [-0.3, -0.25) is 13.9 Å². The minimum atomic E-state index is -4.17. The van der Waals surface area contributed by atoms with Crippen LogP contribution in [0.15, 0.2) is 77.7 Å². The second-order valence-corrected chi connectivity index (χ2v) is 11.9. The number of methoxy groups -OCH3 is 1. The zero-order valence-corrected chi connectivity index (χ0v) is 25.0. The quantitative estimate of drug-likeness (QED) is 0.316. The molecule has 10 heteroatoms. The van der Waals surface area contributed by atoms with E-state index in [0.717, 1.165) is 16.3 Å². The number of aryl methyl sites for hydroxylation is 1. The van der Waals surface area contributed by atoms with Crippen LogP contribution in [0.1, 0.15) is 38.3 Å². The second-order valence-electron chi connectivity index (χ2n) is 9.62. The maximum absolute atomic E-state index is 14.0. The minimum absolute atomic E-state index is 0.0316. The third-order valence-electron chi connectivity index (χ3n) is 6.71. The number of anilines is 1. The summed E-state index contributed by atoms with van der Waals surface area (Å²) in [6, 6.07) is 19.0. The van der Waals surface area contributed by atoms with Gasteiger partial charge in [0.05, 0.1) is 17.7 Å². The number of benzene rings is 3. The van der Waals surface area contributed by atoms with Crippen molar-refractivity contribution in [2.45, 2.75) is 57.6 Å². The molecule has 0 spiro atoms. The average molecular weight is 586 g/mol. The van der Waals surface area contributed by atoms with E-state index in [1.807, 2.05) is 19.9 Å². The van der Waals surface area contributed by atoms with Crippen molar-refractivity contribution in [3.63, 3.8) is 0 Å². The Bertz CT molecular complexity index is 1430. The van der Waals surface area contributed by atoms with Crippen molar-refractivity contribution >= 4 is 39.1 Å². The van der Waals surface area contributed by atoms with Gasteiger partial charge in [0, 0.05) is 17.6 Å². The maximum atomic E-state index is 14.0. The first-order valence-electron chi connectivity index (χ1n) is 13.0. The Morgan fingerprint density at radius 2 is 1.70 bits per heavy atom. The molecule has 214 valence electrons. The van der Waals surface area contributed by atoms with E-state index in [1.165, 1.54) is 23.1 Å². The number of sulfonamides is 1. The van der Waals surface area contributed by atoms with E-state index in [9.17, 15) is 18.0 Å². The van der Waals surface area contributed by atoms with Crippen LogP contribution >= 0.6 is 11.6 Å². The van der Waals surface area contributed by atoms with Gasteiger partial charge in [-0.25, -0.2) is 8.42 Å². The lowest BCUT2D eigenvalue weighted by Crippen LogP contribution is -2.52. The van der Waals surface area contributed by atoms with Crippen LogP contribution in [0.5, 0.6) is 5.75 Å². The summed E-state index contributed by atoms with van der Waals surface area (Å²) < 4.78 is 34.2. The number of nitrogens with zero attached hydrogens (tertiary/aromatic N) is 2. The zero-order valence-electron chi connectivity index (χ0n) is 23.4. The molecule has 0 aliphatic heterocycles. The third-order valence-corrected chi connectivity index (χ3v) is 8.71. The summed E-state index contributed by atoms with van der Waals surface area (Å²) in [5, 5.41) is 3.25. The van der Waals surface area contributed by atoms with Crippen molar-refractivity contribution in [3.05, 3.63) is 88.9 Å². The SMILES string of the molecule is CC[C@H](C)NC(=O)[C@H](C)N(Cc1cccc(OC)c1)C(=O)CN(c1cc(Cl)ccc1C)S(=O)(=O)c1ccccc1. The van der Waals surface area contributed by atoms with E-state index in [0.29, 0.717) is 16.3 Å². The molecule has 2 atom stereocenters. The van der Waals surface area contributed by atoms with E-state index in [4.69, 9.17) is 16.3 Å². The standard InChI is InChI=1S/C30H36ClN3O5S/c1-6-22(3)32-30(36)23(4)33(19-24-11-10-12-26(17-24)39-5)29(35)20-34(28-18-25(31)16-15-21(28)2)40(37,38)27-13-8-7-9-14-27/h7-18,22-23H,6,19-20H2,1-5H3,(H,32,36)/t22-,23-/m0/s1. The highest BCUT2D eigenvalue weighted by atomic mass is 35.5. The minimum Gasteiger partial charge on any atom is -0.497 e. The molecule has 3 aromatic rings. The molecule has 0 aliphatic carbocycles. The van der Waals surface area contributed by atoms with Gasteiger partial charge in [-0.1, -0.05) is 54.9 Å². The summed E-state index contributed by atoms with van der Waals surface area (Å²) in [6.07, 6.45) is 0.722. The van der Waals surface area contributed by atoms with Crippen LogP contribution in [-0.2, 0) is 26.2 Å². The first-order valence-corrected chi connectivity index (χ1v) is 14.9. The molecule has 0 aromatic heterocycles. The highest BCUT2D eigenvalue weighted by Gasteiger charge is 2.33. The van der Waals surface area contributed by atoms with Crippen LogP contribution in [0.2, 0.25) is 5.02 Å². The number of halogens is 1. The molecule has 2 amide bonds. The maximum Gasteiger partial charge on any atom is 0.264 e. The van der Waals surface area contributed by atoms with Gasteiger partial charge in [0.2, 0.25) is 11.8 Å². The van der Waals surface area contributed by atoms with Crippen molar-refractivity contribution in [1.82, 2.24) is 10.2 Å². The van der Waals surface area contributed by atoms with Gasteiger partial charge < -0.3 is 15.0 Å². The molecular formula is C30H36ClN3O5S. The highest BCUT2D eigenvalue weighted by molar-refractivity contribution is 7.92. The Labute approximate surface area is 241 Å². The smallest absolute Gasteiger partial charge is 0.264 e. The Morgan fingerprint density at radius 3 is 2.35 bits per heavy atom. The van der Waals surface area contributed by atoms with Crippen molar-refractivity contribution < 1.29 is 22.7 Å². The van der Waals surface area contributed by atoms with Gasteiger partial charge in [0.15, 0.2) is 0 Å². The van der Waals surface area contributed by atoms with E-state index in [-0.39, 0.29) is 29.1 Å². The van der Waals surface area contributed by atoms with Crippen LogP contribution in [0.4, 0.5) is 5.69 Å². The number of amides is 2. The van der Waals surface area contributed by atoms with Gasteiger partial charge in [0.1, 0.15) is 18.3 Å². The highest BCUT2D eigenvalue weighted by Crippen LogP contribution is 2.30. The lowest BCUT2D eigenvalue weighted by Gasteiger charge is -2.33. The van der Waals surface area contributed by atoms with Crippen LogP contribution in [-0.4, -0.2) is 50.9 Å². The molecule has 0 saturated carbocycles. The average Bonchev–Trinajstić information content (AvgIpc) is 2.95. The Kier molecular flexibility index (Phi) is 10.6. The van der Waals surface area contributed by atoms with Crippen LogP contribution < -0.4 is 14.4 Å². The molecule has 0 heterocycles. The molecule has 3 rings (SSSR count). The lowest BCUT2D eigenvalue weighted by atomic mass is 10.1. The number of nitrogens with one attached hydrogen (secondary N) is 1. The van der Waals surface area contributed by atoms with Gasteiger partial charge in [-0.2, -0.15) is 0 Å². The van der Waals surface area contributed by atoms with Crippen molar-refractivity contribution in [1.29, 1.82) is 0 Å². The molecule has 0 fully saturated rings. The van der Waals surface area contributed by atoms with Crippen molar-refractivity contribution in [2.24, 2.45) is 0 Å². The molecule has 40 heavy (non-hydrogen) atoms. The molecule has 0 saturated heterocycles. The molecule has 0 radical (unpaired) electrons. The normalized spacial score (nSPS) is 12.8. The summed E-state index contributed by atoms with van der Waals surface area (Å²) in [7, 11) is -2.62. The van der Waals surface area contributed by atoms with Crippen LogP contribution in [0.3, 0.4) is 0 Å². The Balaban J connectivity index is 2.06. The largest absolute Gasteiger partial charge is 0.497 e. The van der Waals surface area contributed by atoms with Gasteiger partial charge in [-0.15, -0.1) is 0 Å². The fourth-order valence-electron chi connectivity index (χ4n) is 4.10. The summed E-state index contributed by atoms with van der Waals surface area (Å²) in [5.41, 5.74) is 1.63. The molecular weight excluding hydrogens is 550 g/mol. The lowest BCUT2D eigenvalue weighted by molar-refractivity contribution is -0.139. The molecule has 3 aromatic carbocycles. The predicted molar refractivity (Wildman–Crippen MR) is 158 cm³/mol. The molecule has 0 bridgehead atoms. The monoisotopic (exact) mass is 585 g/mol. The summed E-state index contributed by atoms with van der Waals surface area (Å²) in [4.78, 5) is 28.6. The fourth-order valence-corrected chi connectivity index (χ4v) is 5.76. The number of hydrogen-bond donors (Lipinski definition) is 1. The number of carbonyl (C=O) groups excluding carboxylic acids is 2. The Morgan fingerprint density at radius 1 is 1.00 bits per heavy atom. The van der Waals surface area contributed by atoms with Crippen LogP contribution in [0.25, 0.3) is 0 Å². The molecule has 0 unspecified atom stereocenters. The topological polar surface area (TPSA) is 96.0 Å². The van der Waals surface area contributed by atoms with Crippen molar-refractivity contribution in [3.8, 4) is 5.75 Å². The zero-order chi connectivity index (χ0) is 29.4. The van der Waals surface area contributed by atoms with Gasteiger partial charge in [0.25, 0.3) is 10.0 Å². The number of carbonyl (C=O) groups is 2. The third kappa shape index (κ3) is 7.55. The fraction of sp³-hybridized carbons (Fsp3) is 0.333. The van der Waals surface area contributed by atoms with Crippen LogP contribution in [0, 0.1) is 6.92 Å². The van der Waals surface area contributed by atoms with Gasteiger partial charge >= 0.3 is 0 Å². The summed E-state index contributed by atoms with van der Waals surface area (Å²) >= 11 is 6.26. The number of ether oxygens (including phenoxy) is 1. The van der Waals surface area contributed by atoms with E-state index < -0.39 is 28.5 Å². The predicted octanol–water partition coefficient (Wildman–Crippen LogP) is 5.18.